The van der Waals surface area contributed by atoms with E-state index >= 15 is 0 Å². The van der Waals surface area contributed by atoms with Crippen LogP contribution in [0, 0.1) is 17.1 Å². The highest BCUT2D eigenvalue weighted by molar-refractivity contribution is 6.31. The van der Waals surface area contributed by atoms with Gasteiger partial charge in [-0.3, -0.25) is 24.2 Å². The van der Waals surface area contributed by atoms with E-state index in [1.54, 1.807) is 12.1 Å². The molecule has 13 heteroatoms. The van der Waals surface area contributed by atoms with E-state index in [0.717, 1.165) is 11.0 Å². The lowest BCUT2D eigenvalue weighted by Crippen LogP contribution is -2.54. The minimum absolute atomic E-state index is 0.0256. The first kappa shape index (κ1) is 29.0. The molecule has 2 heterocycles. The van der Waals surface area contributed by atoms with E-state index in [4.69, 9.17) is 11.6 Å². The minimum atomic E-state index is -2.90. The number of rotatable bonds is 8. The van der Waals surface area contributed by atoms with Crippen molar-refractivity contribution < 1.29 is 27.6 Å². The molecule has 216 valence electrons. The maximum Gasteiger partial charge on any atom is 0.252 e. The summed E-state index contributed by atoms with van der Waals surface area (Å²) in [4.78, 5) is 51.2. The second kappa shape index (κ2) is 11.8. The number of nitrogens with one attached hydrogen (secondary N) is 1. The van der Waals surface area contributed by atoms with Crippen LogP contribution in [0.15, 0.2) is 60.8 Å². The Balaban J connectivity index is 1.53. The lowest BCUT2D eigenvalue weighted by atomic mass is 9.87. The Morgan fingerprint density at radius 1 is 1.19 bits per heavy atom. The van der Waals surface area contributed by atoms with E-state index in [1.165, 1.54) is 47.5 Å². The van der Waals surface area contributed by atoms with Crippen molar-refractivity contribution in [3.8, 4) is 6.07 Å². The second-order valence-corrected chi connectivity index (χ2v) is 10.6. The highest BCUT2D eigenvalue weighted by Gasteiger charge is 2.47. The van der Waals surface area contributed by atoms with E-state index in [0.29, 0.717) is 0 Å². The van der Waals surface area contributed by atoms with Gasteiger partial charge in [0.1, 0.15) is 23.6 Å². The molecule has 2 fully saturated rings. The largest absolute Gasteiger partial charge is 0.351 e. The molecule has 0 spiro atoms. The van der Waals surface area contributed by atoms with Crippen LogP contribution in [0.3, 0.4) is 0 Å². The molecule has 0 unspecified atom stereocenters. The van der Waals surface area contributed by atoms with Crippen LogP contribution in [-0.2, 0) is 14.4 Å². The Kier molecular flexibility index (Phi) is 8.13. The predicted molar refractivity (Wildman–Crippen MR) is 146 cm³/mol. The molecule has 1 aliphatic heterocycles. The average molecular weight is 597 g/mol. The molecule has 1 N–H and O–H groups in total. The summed E-state index contributed by atoms with van der Waals surface area (Å²) in [5, 5.41) is 11.9. The predicted octanol–water partition coefficient (Wildman–Crippen LogP) is 4.71. The van der Waals surface area contributed by atoms with Crippen LogP contribution in [0.4, 0.5) is 24.8 Å². The maximum atomic E-state index is 14.5. The van der Waals surface area contributed by atoms with Crippen LogP contribution in [0.2, 0.25) is 5.02 Å². The lowest BCUT2D eigenvalue weighted by Gasteiger charge is -2.38. The van der Waals surface area contributed by atoms with Crippen molar-refractivity contribution in [1.82, 2.24) is 15.3 Å². The third-order valence-electron chi connectivity index (χ3n) is 7.21. The number of hydrogen-bond acceptors (Lipinski definition) is 6. The van der Waals surface area contributed by atoms with E-state index in [1.807, 2.05) is 6.07 Å². The van der Waals surface area contributed by atoms with Gasteiger partial charge in [-0.15, -0.1) is 0 Å². The Morgan fingerprint density at radius 2 is 1.95 bits per heavy atom. The number of alkyl halides is 2. The van der Waals surface area contributed by atoms with Gasteiger partial charge in [-0.1, -0.05) is 35.9 Å². The number of nitriles is 1. The van der Waals surface area contributed by atoms with Crippen LogP contribution in [-0.4, -0.2) is 45.7 Å². The topological polar surface area (TPSA) is 119 Å². The summed E-state index contributed by atoms with van der Waals surface area (Å²) in [5.74, 6) is -5.42. The number of carbonyl (C=O) groups excluding carboxylic acids is 3. The van der Waals surface area contributed by atoms with Crippen molar-refractivity contribution in [2.45, 2.75) is 56.2 Å². The van der Waals surface area contributed by atoms with Gasteiger partial charge in [-0.25, -0.2) is 23.1 Å². The molecule has 0 bridgehead atoms. The maximum absolute atomic E-state index is 14.5. The van der Waals surface area contributed by atoms with Gasteiger partial charge in [0.05, 0.1) is 0 Å². The van der Waals surface area contributed by atoms with Crippen molar-refractivity contribution in [3.63, 3.8) is 0 Å². The summed E-state index contributed by atoms with van der Waals surface area (Å²) >= 11 is 6.47. The average Bonchev–Trinajstić information content (AvgIpc) is 3.30. The number of aromatic nitrogens is 2. The van der Waals surface area contributed by atoms with E-state index < -0.39 is 54.5 Å². The molecule has 1 aliphatic carbocycles. The quantitative estimate of drug-likeness (QED) is 0.402. The molecule has 42 heavy (non-hydrogen) atoms. The summed E-state index contributed by atoms with van der Waals surface area (Å²) in [5.41, 5.74) is 0.255. The third kappa shape index (κ3) is 6.06. The molecule has 2 aliphatic rings. The summed E-state index contributed by atoms with van der Waals surface area (Å²) < 4.78 is 41.6. The molecule has 2 aromatic carbocycles. The van der Waals surface area contributed by atoms with Gasteiger partial charge >= 0.3 is 0 Å². The number of nitrogens with zero attached hydrogens (tertiary/aromatic N) is 5. The molecule has 9 nitrogen and oxygen atoms in total. The molecule has 0 radical (unpaired) electrons. The Morgan fingerprint density at radius 3 is 2.64 bits per heavy atom. The molecule has 1 saturated heterocycles. The summed E-state index contributed by atoms with van der Waals surface area (Å²) in [6.07, 6.45) is 0.236. The highest BCUT2D eigenvalue weighted by atomic mass is 35.5. The number of benzene rings is 2. The lowest BCUT2D eigenvalue weighted by molar-refractivity contribution is -0.133. The van der Waals surface area contributed by atoms with E-state index in [-0.39, 0.29) is 53.1 Å². The van der Waals surface area contributed by atoms with Crippen LogP contribution < -0.4 is 15.1 Å². The van der Waals surface area contributed by atoms with Gasteiger partial charge in [0.15, 0.2) is 0 Å². The fourth-order valence-electron chi connectivity index (χ4n) is 5.24. The smallest absolute Gasteiger partial charge is 0.252 e. The van der Waals surface area contributed by atoms with Gasteiger partial charge in [0, 0.05) is 60.2 Å². The van der Waals surface area contributed by atoms with Gasteiger partial charge in [0.25, 0.3) is 5.92 Å². The standard InChI is InChI=1S/C29H24ClF3N6O3/c30-23-7-2-1-6-22(23)26(27(42)36-19-14-29(32,33)15-19)38(20-5-3-4-17(31)12-20)25(41)13-21-8-9-24(40)39(21)28-35-11-10-18(16-34)37-28/h1-7,10-12,19,21,26H,8-9,13-15H2,(H,36,42)/t21-,26-/m0/s1. The molecule has 5 rings (SSSR count). The monoisotopic (exact) mass is 596 g/mol. The molecular weight excluding hydrogens is 573 g/mol. The second-order valence-electron chi connectivity index (χ2n) is 10.2. The van der Waals surface area contributed by atoms with Crippen LogP contribution in [0.1, 0.15) is 49.4 Å². The molecule has 1 aromatic heterocycles. The number of amides is 3. The SMILES string of the molecule is N#Cc1ccnc(N2C(=O)CC[C@H]2CC(=O)N(c2cccc(F)c2)[C@H](C(=O)NC2CC(F)(F)C2)c2ccccc2Cl)n1. The third-order valence-corrected chi connectivity index (χ3v) is 7.55. The molecule has 3 amide bonds. The Bertz CT molecular complexity index is 1570. The van der Waals surface area contributed by atoms with Crippen molar-refractivity contribution in [3.05, 3.63) is 82.9 Å². The van der Waals surface area contributed by atoms with Crippen molar-refractivity contribution in [1.29, 1.82) is 5.26 Å². The summed E-state index contributed by atoms with van der Waals surface area (Å²) in [6.45, 7) is 0. The van der Waals surface area contributed by atoms with E-state index in [2.05, 4.69) is 15.3 Å². The Hall–Kier alpha value is -4.50. The van der Waals surface area contributed by atoms with Gasteiger partial charge in [-0.05, 0) is 36.8 Å². The van der Waals surface area contributed by atoms with Crippen LogP contribution >= 0.6 is 11.6 Å². The van der Waals surface area contributed by atoms with Gasteiger partial charge in [0.2, 0.25) is 23.7 Å². The normalized spacial score (nSPS) is 18.6. The first-order valence-corrected chi connectivity index (χ1v) is 13.5. The number of halogens is 4. The van der Waals surface area contributed by atoms with Crippen LogP contribution in [0.25, 0.3) is 0 Å². The van der Waals surface area contributed by atoms with Gasteiger partial charge < -0.3 is 5.32 Å². The zero-order valence-electron chi connectivity index (χ0n) is 22.0. The molecule has 1 saturated carbocycles. The first-order chi connectivity index (χ1) is 20.1. The molecule has 2 atom stereocenters. The number of hydrogen-bond donors (Lipinski definition) is 1. The summed E-state index contributed by atoms with van der Waals surface area (Å²) in [7, 11) is 0. The number of carbonyl (C=O) groups is 3. The zero-order valence-corrected chi connectivity index (χ0v) is 22.8. The van der Waals surface area contributed by atoms with Crippen molar-refractivity contribution in [2.75, 3.05) is 9.80 Å². The fraction of sp³-hybridized carbons (Fsp3) is 0.310. The van der Waals surface area contributed by atoms with Gasteiger partial charge in [-0.2, -0.15) is 5.26 Å². The van der Waals surface area contributed by atoms with E-state index in [9.17, 15) is 32.8 Å². The minimum Gasteiger partial charge on any atom is -0.351 e. The van der Waals surface area contributed by atoms with Crippen LogP contribution in [0.5, 0.6) is 0 Å². The van der Waals surface area contributed by atoms with Crippen molar-refractivity contribution >= 4 is 41.0 Å². The first-order valence-electron chi connectivity index (χ1n) is 13.1. The van der Waals surface area contributed by atoms with Crippen molar-refractivity contribution in [2.24, 2.45) is 0 Å². The Labute approximate surface area is 243 Å². The molecular formula is C29H24ClF3N6O3. The molecule has 3 aromatic rings. The number of anilines is 2. The zero-order chi connectivity index (χ0) is 30.0. The fourth-order valence-corrected chi connectivity index (χ4v) is 5.48. The summed E-state index contributed by atoms with van der Waals surface area (Å²) in [6, 6.07) is 11.5. The highest BCUT2D eigenvalue weighted by Crippen LogP contribution is 2.39.